The van der Waals surface area contributed by atoms with Gasteiger partial charge < -0.3 is 19.0 Å². The van der Waals surface area contributed by atoms with E-state index in [1.807, 2.05) is 10.6 Å². The van der Waals surface area contributed by atoms with Gasteiger partial charge in [0, 0.05) is 32.3 Å². The molecule has 0 spiro atoms. The first-order valence-electron chi connectivity index (χ1n) is 6.61. The predicted octanol–water partition coefficient (Wildman–Crippen LogP) is 2.41. The summed E-state index contributed by atoms with van der Waals surface area (Å²) in [7, 11) is 1.61. The fourth-order valence-electron chi connectivity index (χ4n) is 2.08. The average molecular weight is 264 g/mol. The second-order valence-electron chi connectivity index (χ2n) is 4.45. The number of carbonyl (C=O) groups is 1. The second kappa shape index (κ2) is 6.43. The number of aryl methyl sites for hydroxylation is 1. The molecule has 1 amide bonds. The maximum absolute atomic E-state index is 12.1. The van der Waals surface area contributed by atoms with Crippen LogP contribution in [0.1, 0.15) is 30.3 Å². The quantitative estimate of drug-likeness (QED) is 0.781. The van der Waals surface area contributed by atoms with Crippen molar-refractivity contribution in [1.82, 2.24) is 9.88 Å². The molecule has 0 bridgehead atoms. The number of amides is 1. The molecule has 0 aliphatic heterocycles. The molecular formula is C14H20N2O3. The Bertz CT molecular complexity index is 542. The van der Waals surface area contributed by atoms with Gasteiger partial charge in [-0.2, -0.15) is 0 Å². The molecule has 2 heterocycles. The minimum atomic E-state index is -0.0837. The van der Waals surface area contributed by atoms with Crippen molar-refractivity contribution in [2.45, 2.75) is 26.3 Å². The summed E-state index contributed by atoms with van der Waals surface area (Å²) in [6.45, 7) is 3.98. The molecule has 104 valence electrons. The Morgan fingerprint density at radius 2 is 2.37 bits per heavy atom. The number of fused-ring (bicyclic) bond motifs is 1. The molecule has 0 aliphatic carbocycles. The van der Waals surface area contributed by atoms with E-state index in [1.54, 1.807) is 19.4 Å². The number of ether oxygens (including phenoxy) is 1. The highest BCUT2D eigenvalue weighted by Gasteiger charge is 2.16. The third kappa shape index (κ3) is 2.98. The average Bonchev–Trinajstić information content (AvgIpc) is 2.97. The number of aromatic nitrogens is 1. The minimum Gasteiger partial charge on any atom is -0.463 e. The van der Waals surface area contributed by atoms with E-state index >= 15 is 0 Å². The van der Waals surface area contributed by atoms with E-state index in [9.17, 15) is 4.79 Å². The van der Waals surface area contributed by atoms with E-state index in [4.69, 9.17) is 9.15 Å². The molecule has 2 aromatic heterocycles. The van der Waals surface area contributed by atoms with Gasteiger partial charge in [0.1, 0.15) is 5.69 Å². The molecule has 5 nitrogen and oxygen atoms in total. The number of rotatable bonds is 7. The Morgan fingerprint density at radius 1 is 1.53 bits per heavy atom. The number of hydrogen-bond acceptors (Lipinski definition) is 3. The monoisotopic (exact) mass is 264 g/mol. The molecule has 2 rings (SSSR count). The van der Waals surface area contributed by atoms with Crippen LogP contribution in [0.2, 0.25) is 0 Å². The lowest BCUT2D eigenvalue weighted by molar-refractivity contribution is 0.0928. The molecule has 0 aromatic carbocycles. The lowest BCUT2D eigenvalue weighted by atomic mass is 10.3. The Hall–Kier alpha value is -1.75. The van der Waals surface area contributed by atoms with Crippen molar-refractivity contribution in [3.05, 3.63) is 24.1 Å². The van der Waals surface area contributed by atoms with Crippen LogP contribution in [0.15, 0.2) is 22.8 Å². The zero-order chi connectivity index (χ0) is 13.7. The summed E-state index contributed by atoms with van der Waals surface area (Å²) in [4.78, 5) is 12.1. The highest BCUT2D eigenvalue weighted by atomic mass is 16.5. The topological polar surface area (TPSA) is 56.4 Å². The number of furan rings is 1. The summed E-state index contributed by atoms with van der Waals surface area (Å²) in [6.07, 6.45) is 3.77. The first-order chi connectivity index (χ1) is 9.27. The molecule has 0 saturated carbocycles. The number of unbranched alkanes of at least 4 members (excludes halogenated alkanes) is 1. The summed E-state index contributed by atoms with van der Waals surface area (Å²) in [5, 5.41) is 2.84. The molecule has 0 fully saturated rings. The van der Waals surface area contributed by atoms with Crippen LogP contribution in [0, 0.1) is 0 Å². The third-order valence-electron chi connectivity index (χ3n) is 3.08. The fourth-order valence-corrected chi connectivity index (χ4v) is 2.08. The number of nitrogens with zero attached hydrogens (tertiary/aromatic N) is 1. The lowest BCUT2D eigenvalue weighted by Crippen LogP contribution is -2.29. The Morgan fingerprint density at radius 3 is 3.11 bits per heavy atom. The van der Waals surface area contributed by atoms with Gasteiger partial charge in [-0.15, -0.1) is 0 Å². The van der Waals surface area contributed by atoms with Crippen LogP contribution in [-0.4, -0.2) is 30.7 Å². The molecule has 0 atom stereocenters. The summed E-state index contributed by atoms with van der Waals surface area (Å²) in [6, 6.07) is 3.70. The summed E-state index contributed by atoms with van der Waals surface area (Å²) in [5.41, 5.74) is 2.39. The van der Waals surface area contributed by atoms with Gasteiger partial charge in [0.2, 0.25) is 0 Å². The molecule has 0 saturated heterocycles. The van der Waals surface area contributed by atoms with Crippen molar-refractivity contribution in [3.63, 3.8) is 0 Å². The van der Waals surface area contributed by atoms with Gasteiger partial charge in [-0.1, -0.05) is 13.3 Å². The van der Waals surface area contributed by atoms with Crippen molar-refractivity contribution in [1.29, 1.82) is 0 Å². The highest BCUT2D eigenvalue weighted by Crippen LogP contribution is 2.21. The molecule has 0 radical (unpaired) electrons. The van der Waals surface area contributed by atoms with Crippen molar-refractivity contribution in [3.8, 4) is 0 Å². The molecule has 0 unspecified atom stereocenters. The van der Waals surface area contributed by atoms with Gasteiger partial charge in [-0.25, -0.2) is 0 Å². The number of carbonyl (C=O) groups excluding carboxylic acids is 1. The van der Waals surface area contributed by atoms with E-state index in [0.717, 1.165) is 30.5 Å². The van der Waals surface area contributed by atoms with Gasteiger partial charge in [-0.05, 0) is 6.42 Å². The van der Waals surface area contributed by atoms with Crippen LogP contribution in [-0.2, 0) is 11.3 Å². The highest BCUT2D eigenvalue weighted by molar-refractivity contribution is 5.97. The second-order valence-corrected chi connectivity index (χ2v) is 4.45. The standard InChI is InChI=1S/C14H20N2O3/c1-3-4-7-16-11-5-8-19-13(11)10-12(16)14(17)15-6-9-18-2/h5,8,10H,3-4,6-7,9H2,1-2H3,(H,15,17). The van der Waals surface area contributed by atoms with Crippen LogP contribution >= 0.6 is 0 Å². The summed E-state index contributed by atoms with van der Waals surface area (Å²) in [5.74, 6) is -0.0837. The summed E-state index contributed by atoms with van der Waals surface area (Å²) < 4.78 is 12.3. The fraction of sp³-hybridized carbons (Fsp3) is 0.500. The Balaban J connectivity index is 2.20. The summed E-state index contributed by atoms with van der Waals surface area (Å²) >= 11 is 0. The lowest BCUT2D eigenvalue weighted by Gasteiger charge is -2.09. The minimum absolute atomic E-state index is 0.0837. The molecule has 0 aliphatic rings. The normalized spacial score (nSPS) is 11.1. The number of nitrogens with one attached hydrogen (secondary N) is 1. The molecule has 19 heavy (non-hydrogen) atoms. The third-order valence-corrected chi connectivity index (χ3v) is 3.08. The molecule has 2 aromatic rings. The van der Waals surface area contributed by atoms with Crippen LogP contribution in [0.5, 0.6) is 0 Å². The van der Waals surface area contributed by atoms with Crippen LogP contribution in [0.4, 0.5) is 0 Å². The van der Waals surface area contributed by atoms with E-state index in [-0.39, 0.29) is 5.91 Å². The van der Waals surface area contributed by atoms with Crippen molar-refractivity contribution >= 4 is 17.0 Å². The Labute approximate surface area is 112 Å². The number of hydrogen-bond donors (Lipinski definition) is 1. The first kappa shape index (κ1) is 13.7. The van der Waals surface area contributed by atoms with Gasteiger partial charge in [0.15, 0.2) is 5.58 Å². The van der Waals surface area contributed by atoms with E-state index in [2.05, 4.69) is 12.2 Å². The van der Waals surface area contributed by atoms with Crippen LogP contribution in [0.25, 0.3) is 11.1 Å². The van der Waals surface area contributed by atoms with Crippen LogP contribution < -0.4 is 5.32 Å². The van der Waals surface area contributed by atoms with Crippen molar-refractivity contribution < 1.29 is 13.9 Å². The maximum atomic E-state index is 12.1. The smallest absolute Gasteiger partial charge is 0.268 e. The first-order valence-corrected chi connectivity index (χ1v) is 6.61. The van der Waals surface area contributed by atoms with Gasteiger partial charge in [0.05, 0.1) is 18.4 Å². The van der Waals surface area contributed by atoms with Crippen molar-refractivity contribution in [2.75, 3.05) is 20.3 Å². The van der Waals surface area contributed by atoms with Gasteiger partial charge in [-0.3, -0.25) is 4.79 Å². The van der Waals surface area contributed by atoms with Gasteiger partial charge >= 0.3 is 0 Å². The number of methoxy groups -OCH3 is 1. The Kier molecular flexibility index (Phi) is 4.63. The van der Waals surface area contributed by atoms with E-state index in [0.29, 0.717) is 18.8 Å². The molecule has 1 N–H and O–H groups in total. The zero-order valence-electron chi connectivity index (χ0n) is 11.4. The van der Waals surface area contributed by atoms with Crippen LogP contribution in [0.3, 0.4) is 0 Å². The van der Waals surface area contributed by atoms with E-state index in [1.165, 1.54) is 0 Å². The zero-order valence-corrected chi connectivity index (χ0v) is 11.4. The van der Waals surface area contributed by atoms with Gasteiger partial charge in [0.25, 0.3) is 5.91 Å². The predicted molar refractivity (Wildman–Crippen MR) is 73.3 cm³/mol. The van der Waals surface area contributed by atoms with E-state index < -0.39 is 0 Å². The molecular weight excluding hydrogens is 244 g/mol. The largest absolute Gasteiger partial charge is 0.463 e. The van der Waals surface area contributed by atoms with Crippen molar-refractivity contribution in [2.24, 2.45) is 0 Å². The maximum Gasteiger partial charge on any atom is 0.268 e. The SMILES string of the molecule is CCCCn1c(C(=O)NCCOC)cc2occc21. The molecule has 5 heteroatoms.